The zero-order chi connectivity index (χ0) is 41.1. The molecule has 0 bridgehead atoms. The molecule has 2 aromatic rings. The molecule has 1 aromatic heterocycles. The molecular formula is C42H57N5O9S. The van der Waals surface area contributed by atoms with Crippen LogP contribution in [0.15, 0.2) is 30.4 Å². The van der Waals surface area contributed by atoms with Crippen LogP contribution >= 0.6 is 0 Å². The SMILES string of the molecule is COc1ccc2nc(C(C)C)c3c(c2c1)CC[C@]1(C[C@H]2C(=O)N[C@@]4(C(=O)N4S(=O)(=O)C4(C)CC4)[C@@H](C)/C=C\CCCCC[C@H](NC(=O)OCC(C)C)C(=O)N2C1)O3. The van der Waals surface area contributed by atoms with Crippen LogP contribution in [0, 0.1) is 11.8 Å². The number of hydrogen-bond acceptors (Lipinski definition) is 10. The number of aryl methyl sites for hydroxylation is 1. The minimum absolute atomic E-state index is 0.0147. The van der Waals surface area contributed by atoms with Gasteiger partial charge >= 0.3 is 6.09 Å². The molecule has 5 heterocycles. The number of fused-ring (bicyclic) bond motifs is 4. The third-order valence-electron chi connectivity index (χ3n) is 12.5. The lowest BCUT2D eigenvalue weighted by atomic mass is 9.86. The molecule has 2 saturated heterocycles. The highest BCUT2D eigenvalue weighted by Gasteiger charge is 2.76. The topological polar surface area (TPSA) is 173 Å². The first-order valence-corrected chi connectivity index (χ1v) is 21.9. The number of methoxy groups -OCH3 is 1. The fourth-order valence-corrected chi connectivity index (χ4v) is 10.7. The monoisotopic (exact) mass is 807 g/mol. The lowest BCUT2D eigenvalue weighted by molar-refractivity contribution is -0.141. The van der Waals surface area contributed by atoms with E-state index in [-0.39, 0.29) is 31.4 Å². The van der Waals surface area contributed by atoms with Gasteiger partial charge < -0.3 is 29.7 Å². The molecule has 5 atom stereocenters. The van der Waals surface area contributed by atoms with Crippen molar-refractivity contribution in [3.05, 3.63) is 41.6 Å². The smallest absolute Gasteiger partial charge is 0.407 e. The summed E-state index contributed by atoms with van der Waals surface area (Å²) in [6.45, 7) is 11.5. The van der Waals surface area contributed by atoms with Gasteiger partial charge in [-0.1, -0.05) is 59.6 Å². The molecule has 15 heteroatoms. The van der Waals surface area contributed by atoms with E-state index in [2.05, 4.69) is 10.6 Å². The van der Waals surface area contributed by atoms with Gasteiger partial charge in [0.25, 0.3) is 5.91 Å². The van der Waals surface area contributed by atoms with Gasteiger partial charge in [-0.15, -0.1) is 0 Å². The van der Waals surface area contributed by atoms with Gasteiger partial charge in [-0.25, -0.2) is 22.5 Å². The molecule has 1 saturated carbocycles. The van der Waals surface area contributed by atoms with E-state index in [9.17, 15) is 27.6 Å². The zero-order valence-corrected chi connectivity index (χ0v) is 35.0. The predicted molar refractivity (Wildman–Crippen MR) is 213 cm³/mol. The van der Waals surface area contributed by atoms with Crippen LogP contribution in [0.3, 0.4) is 0 Å². The van der Waals surface area contributed by atoms with Crippen LogP contribution in [0.5, 0.6) is 11.5 Å². The molecule has 0 unspecified atom stereocenters. The Morgan fingerprint density at radius 2 is 1.86 bits per heavy atom. The number of aromatic nitrogens is 1. The maximum Gasteiger partial charge on any atom is 0.407 e. The number of sulfonamides is 1. The Labute approximate surface area is 335 Å². The number of nitrogens with one attached hydrogen (secondary N) is 2. The van der Waals surface area contributed by atoms with Crippen molar-refractivity contribution in [2.24, 2.45) is 11.8 Å². The van der Waals surface area contributed by atoms with Crippen molar-refractivity contribution in [1.29, 1.82) is 0 Å². The van der Waals surface area contributed by atoms with Gasteiger partial charge in [-0.3, -0.25) is 14.4 Å². The minimum Gasteiger partial charge on any atom is -0.497 e. The molecule has 310 valence electrons. The van der Waals surface area contributed by atoms with Gasteiger partial charge in [0.1, 0.15) is 29.2 Å². The van der Waals surface area contributed by atoms with Crippen LogP contribution in [0.4, 0.5) is 4.79 Å². The van der Waals surface area contributed by atoms with Gasteiger partial charge in [0.05, 0.1) is 36.2 Å². The first kappa shape index (κ1) is 40.8. The molecule has 2 spiro atoms. The second kappa shape index (κ2) is 15.1. The summed E-state index contributed by atoms with van der Waals surface area (Å²) in [6, 6.07) is 3.59. The Balaban J connectivity index is 1.28. The molecule has 0 radical (unpaired) electrons. The van der Waals surface area contributed by atoms with Gasteiger partial charge in [0.2, 0.25) is 27.5 Å². The number of benzene rings is 1. The summed E-state index contributed by atoms with van der Waals surface area (Å²) in [6.07, 6.45) is 8.05. The number of carbonyl (C=O) groups is 4. The number of amides is 4. The van der Waals surface area contributed by atoms with E-state index in [4.69, 9.17) is 19.2 Å². The Bertz CT molecular complexity index is 2100. The van der Waals surface area contributed by atoms with E-state index in [1.165, 1.54) is 4.90 Å². The Kier molecular flexibility index (Phi) is 10.8. The van der Waals surface area contributed by atoms with E-state index < -0.39 is 67.9 Å². The van der Waals surface area contributed by atoms with E-state index in [1.807, 2.05) is 52.0 Å². The van der Waals surface area contributed by atoms with Crippen LogP contribution < -0.4 is 20.1 Å². The summed E-state index contributed by atoms with van der Waals surface area (Å²) in [7, 11) is -2.49. The maximum atomic E-state index is 14.9. The number of hydrogen-bond donors (Lipinski definition) is 2. The maximum absolute atomic E-state index is 14.9. The third-order valence-corrected chi connectivity index (χ3v) is 15.0. The van der Waals surface area contributed by atoms with Gasteiger partial charge in [0, 0.05) is 23.3 Å². The highest BCUT2D eigenvalue weighted by Crippen LogP contribution is 2.53. The summed E-state index contributed by atoms with van der Waals surface area (Å²) in [5.41, 5.74) is -0.332. The van der Waals surface area contributed by atoms with Crippen molar-refractivity contribution in [1.82, 2.24) is 24.8 Å². The molecule has 7 rings (SSSR count). The third kappa shape index (κ3) is 7.33. The largest absolute Gasteiger partial charge is 0.497 e. The second-order valence-electron chi connectivity index (χ2n) is 17.6. The summed E-state index contributed by atoms with van der Waals surface area (Å²) in [4.78, 5) is 63.2. The number of carbonyl (C=O) groups excluding carboxylic acids is 4. The van der Waals surface area contributed by atoms with E-state index in [1.54, 1.807) is 27.0 Å². The van der Waals surface area contributed by atoms with E-state index >= 15 is 0 Å². The molecule has 14 nitrogen and oxygen atoms in total. The lowest BCUT2D eigenvalue weighted by Gasteiger charge is -2.37. The first-order valence-electron chi connectivity index (χ1n) is 20.5. The molecule has 4 amide bonds. The zero-order valence-electron chi connectivity index (χ0n) is 34.2. The quantitative estimate of drug-likeness (QED) is 0.270. The summed E-state index contributed by atoms with van der Waals surface area (Å²) >= 11 is 0. The van der Waals surface area contributed by atoms with E-state index in [0.717, 1.165) is 39.3 Å². The number of nitrogens with zero attached hydrogens (tertiary/aromatic N) is 3. The van der Waals surface area contributed by atoms with Crippen LogP contribution in [0.25, 0.3) is 10.9 Å². The standard InChI is InChI=1S/C42H57N5O9S/c1-25(2)23-55-39(51)44-32-14-12-10-8-9-11-13-27(5)42(38(50)47(42)57(52,53)40(6)19-20-40)45-36(48)33-22-41(24-46(33)37(32)49)18-17-29-30-21-28(54-7)15-16-31(30)43-34(26(3)4)35(29)56-41/h11,13,15-16,21,25-27,32-33H,8-10,12,14,17-20,22-24H2,1-7H3,(H,44,51)(H,45,48)/b13-11-/t27-,32-,33-,41+,42-,47?/m0/s1. The van der Waals surface area contributed by atoms with Crippen LogP contribution in [-0.2, 0) is 35.6 Å². The average Bonchev–Trinajstić information content (AvgIpc) is 4.03. The lowest BCUT2D eigenvalue weighted by Crippen LogP contribution is -2.57. The number of alkyl carbamates (subject to hydrolysis) is 1. The van der Waals surface area contributed by atoms with Crippen LogP contribution in [0.2, 0.25) is 0 Å². The molecule has 2 N–H and O–H groups in total. The van der Waals surface area contributed by atoms with Crippen molar-refractivity contribution in [2.45, 2.75) is 140 Å². The summed E-state index contributed by atoms with van der Waals surface area (Å²) < 4.78 is 45.6. The fourth-order valence-electron chi connectivity index (χ4n) is 8.63. The first-order chi connectivity index (χ1) is 27.0. The molecule has 4 aliphatic heterocycles. The minimum atomic E-state index is -4.10. The molecular weight excluding hydrogens is 751 g/mol. The summed E-state index contributed by atoms with van der Waals surface area (Å²) in [5.74, 6) is -1.16. The average molecular weight is 808 g/mol. The van der Waals surface area contributed by atoms with Crippen LogP contribution in [0.1, 0.15) is 117 Å². The number of allylic oxidation sites excluding steroid dienone is 1. The Morgan fingerprint density at radius 3 is 2.54 bits per heavy atom. The Hall–Kier alpha value is -4.40. The molecule has 57 heavy (non-hydrogen) atoms. The normalized spacial score (nSPS) is 29.4. The highest BCUT2D eigenvalue weighted by atomic mass is 32.2. The van der Waals surface area contributed by atoms with Crippen LogP contribution in [-0.4, -0.2) is 94.8 Å². The number of rotatable bonds is 7. The number of pyridine rings is 1. The molecule has 1 aromatic carbocycles. The molecule has 3 fully saturated rings. The molecule has 1 aliphatic carbocycles. The van der Waals surface area contributed by atoms with Crippen molar-refractivity contribution in [3.8, 4) is 11.5 Å². The van der Waals surface area contributed by atoms with Gasteiger partial charge in [-0.2, -0.15) is 0 Å². The predicted octanol–water partition coefficient (Wildman–Crippen LogP) is 5.48. The number of ether oxygens (including phenoxy) is 3. The highest BCUT2D eigenvalue weighted by molar-refractivity contribution is 7.91. The van der Waals surface area contributed by atoms with Gasteiger partial charge in [-0.05, 0) is 81.9 Å². The van der Waals surface area contributed by atoms with Crippen molar-refractivity contribution >= 4 is 44.7 Å². The molecule has 5 aliphatic rings. The van der Waals surface area contributed by atoms with Crippen molar-refractivity contribution in [3.63, 3.8) is 0 Å². The van der Waals surface area contributed by atoms with Gasteiger partial charge in [0.15, 0.2) is 0 Å². The fraction of sp³-hybridized carbons (Fsp3) is 0.643. The summed E-state index contributed by atoms with van der Waals surface area (Å²) in [5, 5.41) is 6.60. The van der Waals surface area contributed by atoms with E-state index in [0.29, 0.717) is 56.4 Å². The Morgan fingerprint density at radius 1 is 1.11 bits per heavy atom. The van der Waals surface area contributed by atoms with Crippen molar-refractivity contribution in [2.75, 3.05) is 20.3 Å². The van der Waals surface area contributed by atoms with Crippen molar-refractivity contribution < 1.29 is 41.8 Å². The second-order valence-corrected chi connectivity index (χ2v) is 19.9.